The molecule has 66 heavy (non-hydrogen) atoms. The lowest BCUT2D eigenvalue weighted by molar-refractivity contribution is -0.122. The highest BCUT2D eigenvalue weighted by Gasteiger charge is 2.17. The molecule has 2 N–H and O–H groups in total. The van der Waals surface area contributed by atoms with Gasteiger partial charge in [-0.15, -0.1) is 0 Å². The van der Waals surface area contributed by atoms with Crippen LogP contribution in [0.25, 0.3) is 0 Å². The van der Waals surface area contributed by atoms with Crippen molar-refractivity contribution in [2.45, 2.75) is 303 Å². The van der Waals surface area contributed by atoms with Crippen molar-refractivity contribution in [1.29, 1.82) is 0 Å². The van der Waals surface area contributed by atoms with Crippen LogP contribution in [0, 0.1) is 0 Å². The van der Waals surface area contributed by atoms with Gasteiger partial charge in [0.2, 0.25) is 11.8 Å². The van der Waals surface area contributed by atoms with Gasteiger partial charge < -0.3 is 25.3 Å². The summed E-state index contributed by atoms with van der Waals surface area (Å²) in [6.07, 6.45) is 56.5. The van der Waals surface area contributed by atoms with Gasteiger partial charge in [-0.1, -0.05) is 239 Å². The summed E-state index contributed by atoms with van der Waals surface area (Å²) in [5, 5.41) is 6.67. The molecule has 1 aliphatic rings. The van der Waals surface area contributed by atoms with E-state index in [1.807, 2.05) is 0 Å². The van der Waals surface area contributed by atoms with Crippen molar-refractivity contribution in [2.24, 2.45) is 0 Å². The number of hydrogen-bond acceptors (Lipinski definition) is 5. The van der Waals surface area contributed by atoms with Gasteiger partial charge in [-0.2, -0.15) is 0 Å². The number of nitrogens with one attached hydrogen (secondary N) is 2. The molecule has 1 rings (SSSR count). The first-order valence-corrected chi connectivity index (χ1v) is 30.2. The Morgan fingerprint density at radius 3 is 1.36 bits per heavy atom. The van der Waals surface area contributed by atoms with Crippen LogP contribution in [-0.2, 0) is 9.59 Å². The quantitative estimate of drug-likeness (QED) is 0.0596. The second kappa shape index (κ2) is 50.2. The standard InChI is InChI=1S/C59H119N5O2/c1-5-8-11-14-17-20-23-26-29-32-35-39-49-63(50-40-36-33-30-27-24-21-18-15-12-9-6-2)54-44-47-59(66)61-57-45-38-42-52-64(53-43-46-58(65)60-48-55-62(4)56-57)51-41-37-34-31-28-25-22-19-16-13-10-7-3/h57H,5-56H2,1-4H3,(H,60,65)(H,61,66). The predicted molar refractivity (Wildman–Crippen MR) is 291 cm³/mol. The number of hydrogen-bond donors (Lipinski definition) is 2. The Balaban J connectivity index is 2.53. The SMILES string of the molecule is CCCCCCCCCCCCCCN1CCCCC(NC(=O)CCCN(CCCCCCCCCCCCCC)CCCCCCCCCCCCCC)CN(C)CCNC(=O)CCC1. The number of carbonyl (C=O) groups excluding carboxylic acids is 2. The van der Waals surface area contributed by atoms with E-state index in [1.165, 1.54) is 244 Å². The van der Waals surface area contributed by atoms with E-state index >= 15 is 0 Å². The summed E-state index contributed by atoms with van der Waals surface area (Å²) in [6.45, 7) is 15.9. The summed E-state index contributed by atoms with van der Waals surface area (Å²) < 4.78 is 0. The zero-order valence-corrected chi connectivity index (χ0v) is 45.5. The molecule has 1 saturated heterocycles. The fourth-order valence-corrected chi connectivity index (χ4v) is 10.3. The van der Waals surface area contributed by atoms with Crippen LogP contribution in [0.2, 0.25) is 0 Å². The second-order valence-electron chi connectivity index (χ2n) is 21.4. The lowest BCUT2D eigenvalue weighted by atomic mass is 10.0. The van der Waals surface area contributed by atoms with E-state index in [2.05, 4.69) is 53.2 Å². The van der Waals surface area contributed by atoms with Crippen LogP contribution in [0.4, 0.5) is 0 Å². The van der Waals surface area contributed by atoms with Crippen LogP contribution in [0.1, 0.15) is 297 Å². The number of likely N-dealkylation sites (N-methyl/N-ethyl adjacent to an activating group) is 1. The Bertz CT molecular complexity index is 983. The third-order valence-electron chi connectivity index (χ3n) is 14.7. The van der Waals surface area contributed by atoms with Crippen molar-refractivity contribution in [1.82, 2.24) is 25.3 Å². The molecule has 0 aliphatic carbocycles. The highest BCUT2D eigenvalue weighted by Crippen LogP contribution is 2.17. The van der Waals surface area contributed by atoms with Crippen LogP contribution in [-0.4, -0.2) is 98.5 Å². The topological polar surface area (TPSA) is 67.9 Å². The molecule has 0 aromatic rings. The summed E-state index contributed by atoms with van der Waals surface area (Å²) in [5.41, 5.74) is 0. The minimum absolute atomic E-state index is 0.159. The lowest BCUT2D eigenvalue weighted by Crippen LogP contribution is -2.44. The van der Waals surface area contributed by atoms with Gasteiger partial charge in [0, 0.05) is 38.5 Å². The van der Waals surface area contributed by atoms with E-state index in [-0.39, 0.29) is 17.9 Å². The molecule has 0 spiro atoms. The van der Waals surface area contributed by atoms with E-state index in [1.54, 1.807) is 0 Å². The van der Waals surface area contributed by atoms with E-state index < -0.39 is 0 Å². The number of amides is 2. The van der Waals surface area contributed by atoms with Gasteiger partial charge in [-0.3, -0.25) is 9.59 Å². The normalized spacial score (nSPS) is 16.4. The Kier molecular flexibility index (Phi) is 47.8. The molecule has 1 aliphatic heterocycles. The first-order valence-electron chi connectivity index (χ1n) is 30.2. The maximum atomic E-state index is 13.5. The molecule has 1 unspecified atom stereocenters. The van der Waals surface area contributed by atoms with Gasteiger partial charge in [0.05, 0.1) is 0 Å². The van der Waals surface area contributed by atoms with Crippen molar-refractivity contribution >= 4 is 11.8 Å². The molecular weight excluding hydrogens is 811 g/mol. The molecule has 0 bridgehead atoms. The Morgan fingerprint density at radius 2 is 0.909 bits per heavy atom. The molecule has 1 heterocycles. The van der Waals surface area contributed by atoms with Crippen molar-refractivity contribution < 1.29 is 9.59 Å². The van der Waals surface area contributed by atoms with Gasteiger partial charge in [0.25, 0.3) is 0 Å². The third kappa shape index (κ3) is 44.1. The van der Waals surface area contributed by atoms with Crippen LogP contribution >= 0.6 is 0 Å². The minimum Gasteiger partial charge on any atom is -0.355 e. The predicted octanol–water partition coefficient (Wildman–Crippen LogP) is 16.0. The molecule has 7 nitrogen and oxygen atoms in total. The van der Waals surface area contributed by atoms with E-state index in [9.17, 15) is 9.59 Å². The Hall–Kier alpha value is -1.18. The van der Waals surface area contributed by atoms with Gasteiger partial charge in [0.15, 0.2) is 0 Å². The molecular formula is C59H119N5O2. The second-order valence-corrected chi connectivity index (χ2v) is 21.4. The van der Waals surface area contributed by atoms with Crippen molar-refractivity contribution in [3.05, 3.63) is 0 Å². The average molecular weight is 931 g/mol. The van der Waals surface area contributed by atoms with Crippen molar-refractivity contribution in [3.8, 4) is 0 Å². The van der Waals surface area contributed by atoms with E-state index in [0.717, 1.165) is 71.4 Å². The molecule has 0 saturated carbocycles. The highest BCUT2D eigenvalue weighted by atomic mass is 16.2. The first-order chi connectivity index (χ1) is 32.5. The number of rotatable bonds is 44. The molecule has 1 fully saturated rings. The molecule has 1 atom stereocenters. The molecule has 0 aromatic heterocycles. The van der Waals surface area contributed by atoms with Gasteiger partial charge in [-0.05, 0) is 91.3 Å². The zero-order valence-electron chi connectivity index (χ0n) is 45.5. The van der Waals surface area contributed by atoms with Gasteiger partial charge in [-0.25, -0.2) is 0 Å². The summed E-state index contributed by atoms with van der Waals surface area (Å²) in [5.74, 6) is 0.406. The van der Waals surface area contributed by atoms with Crippen LogP contribution < -0.4 is 10.6 Å². The number of unbranched alkanes of at least 4 members (excludes halogenated alkanes) is 33. The number of nitrogens with zero attached hydrogens (tertiary/aromatic N) is 3. The summed E-state index contributed by atoms with van der Waals surface area (Å²) in [7, 11) is 2.14. The zero-order chi connectivity index (χ0) is 47.6. The maximum Gasteiger partial charge on any atom is 0.220 e. The molecule has 2 amide bonds. The largest absolute Gasteiger partial charge is 0.355 e. The Labute approximate surface area is 414 Å². The van der Waals surface area contributed by atoms with Gasteiger partial charge >= 0.3 is 0 Å². The number of carbonyl (C=O) groups is 2. The summed E-state index contributed by atoms with van der Waals surface area (Å²) in [6, 6.07) is 0.159. The maximum absolute atomic E-state index is 13.5. The third-order valence-corrected chi connectivity index (χ3v) is 14.7. The fourth-order valence-electron chi connectivity index (χ4n) is 10.3. The fraction of sp³-hybridized carbons (Fsp3) is 0.966. The molecule has 392 valence electrons. The monoisotopic (exact) mass is 930 g/mol. The first kappa shape index (κ1) is 62.8. The summed E-state index contributed by atoms with van der Waals surface area (Å²) in [4.78, 5) is 33.9. The van der Waals surface area contributed by atoms with Crippen LogP contribution in [0.5, 0.6) is 0 Å². The van der Waals surface area contributed by atoms with E-state index in [4.69, 9.17) is 0 Å². The molecule has 7 heteroatoms. The minimum atomic E-state index is 0.159. The van der Waals surface area contributed by atoms with E-state index in [0.29, 0.717) is 19.4 Å². The Morgan fingerprint density at radius 1 is 0.515 bits per heavy atom. The molecule has 0 radical (unpaired) electrons. The summed E-state index contributed by atoms with van der Waals surface area (Å²) >= 11 is 0. The van der Waals surface area contributed by atoms with Crippen LogP contribution in [0.3, 0.4) is 0 Å². The lowest BCUT2D eigenvalue weighted by Gasteiger charge is -2.26. The average Bonchev–Trinajstić information content (AvgIpc) is 3.31. The van der Waals surface area contributed by atoms with Gasteiger partial charge in [0.1, 0.15) is 0 Å². The van der Waals surface area contributed by atoms with Crippen molar-refractivity contribution in [3.63, 3.8) is 0 Å². The van der Waals surface area contributed by atoms with Crippen molar-refractivity contribution in [2.75, 3.05) is 66.0 Å². The highest BCUT2D eigenvalue weighted by molar-refractivity contribution is 5.76. The molecule has 0 aromatic carbocycles. The van der Waals surface area contributed by atoms with Crippen LogP contribution in [0.15, 0.2) is 0 Å². The smallest absolute Gasteiger partial charge is 0.220 e.